The number of piperidine rings is 1. The fourth-order valence-corrected chi connectivity index (χ4v) is 2.60. The summed E-state index contributed by atoms with van der Waals surface area (Å²) in [6.07, 6.45) is 3.57. The third kappa shape index (κ3) is 2.58. The van der Waals surface area contributed by atoms with Crippen LogP contribution >= 0.6 is 0 Å². The number of primary amides is 1. The highest BCUT2D eigenvalue weighted by Crippen LogP contribution is 2.29. The van der Waals surface area contributed by atoms with Gasteiger partial charge in [0.15, 0.2) is 0 Å². The topological polar surface area (TPSA) is 72.3 Å². The number of benzene rings is 1. The predicted molar refractivity (Wildman–Crippen MR) is 74.6 cm³/mol. The molecule has 0 saturated carbocycles. The van der Waals surface area contributed by atoms with Crippen LogP contribution in [0.4, 0.5) is 11.4 Å². The molecule has 0 aromatic heterocycles. The largest absolute Gasteiger partial charge is 0.399 e. The molecule has 0 aliphatic carbocycles. The molecule has 1 amide bonds. The summed E-state index contributed by atoms with van der Waals surface area (Å²) in [7, 11) is 0. The lowest BCUT2D eigenvalue weighted by atomic mass is 9.93. The highest BCUT2D eigenvalue weighted by molar-refractivity contribution is 5.99. The second kappa shape index (κ2) is 5.29. The standard InChI is InChI=1S/C14H21N3O/c1-2-10-5-7-17(8-6-10)13-9-11(15)3-4-12(13)14(16)18/h3-4,9-10H,2,5-8,15H2,1H3,(H2,16,18). The monoisotopic (exact) mass is 247 g/mol. The minimum atomic E-state index is -0.386. The van der Waals surface area contributed by atoms with Crippen LogP contribution in [0, 0.1) is 5.92 Å². The number of hydrogen-bond acceptors (Lipinski definition) is 3. The molecule has 0 unspecified atom stereocenters. The molecular weight excluding hydrogens is 226 g/mol. The quantitative estimate of drug-likeness (QED) is 0.802. The van der Waals surface area contributed by atoms with Crippen molar-refractivity contribution in [3.8, 4) is 0 Å². The first-order chi connectivity index (χ1) is 8.61. The summed E-state index contributed by atoms with van der Waals surface area (Å²) < 4.78 is 0. The van der Waals surface area contributed by atoms with Gasteiger partial charge in [-0.15, -0.1) is 0 Å². The van der Waals surface area contributed by atoms with Crippen LogP contribution in [0.5, 0.6) is 0 Å². The summed E-state index contributed by atoms with van der Waals surface area (Å²) in [4.78, 5) is 13.7. The van der Waals surface area contributed by atoms with Crippen molar-refractivity contribution in [3.63, 3.8) is 0 Å². The van der Waals surface area contributed by atoms with Crippen molar-refractivity contribution in [2.75, 3.05) is 23.7 Å². The summed E-state index contributed by atoms with van der Waals surface area (Å²) in [5.41, 5.74) is 13.4. The minimum absolute atomic E-state index is 0.386. The molecule has 0 bridgehead atoms. The van der Waals surface area contributed by atoms with Gasteiger partial charge in [-0.1, -0.05) is 13.3 Å². The number of hydrogen-bond donors (Lipinski definition) is 2. The molecule has 1 aliphatic rings. The summed E-state index contributed by atoms with van der Waals surface area (Å²) in [6, 6.07) is 5.30. The number of carbonyl (C=O) groups excluding carboxylic acids is 1. The average molecular weight is 247 g/mol. The first-order valence-corrected chi connectivity index (χ1v) is 6.56. The third-order valence-electron chi connectivity index (χ3n) is 3.82. The van der Waals surface area contributed by atoms with E-state index in [1.807, 2.05) is 6.07 Å². The molecule has 0 radical (unpaired) electrons. The van der Waals surface area contributed by atoms with Gasteiger partial charge in [-0.2, -0.15) is 0 Å². The van der Waals surface area contributed by atoms with Gasteiger partial charge in [0, 0.05) is 18.8 Å². The van der Waals surface area contributed by atoms with Crippen LogP contribution in [-0.2, 0) is 0 Å². The van der Waals surface area contributed by atoms with Crippen LogP contribution in [-0.4, -0.2) is 19.0 Å². The van der Waals surface area contributed by atoms with E-state index in [-0.39, 0.29) is 5.91 Å². The van der Waals surface area contributed by atoms with Crippen molar-refractivity contribution in [1.82, 2.24) is 0 Å². The molecule has 4 heteroatoms. The Labute approximate surface area is 108 Å². The van der Waals surface area contributed by atoms with Gasteiger partial charge in [-0.25, -0.2) is 0 Å². The molecule has 0 spiro atoms. The Hall–Kier alpha value is -1.71. The summed E-state index contributed by atoms with van der Waals surface area (Å²) in [5.74, 6) is 0.418. The van der Waals surface area contributed by atoms with E-state index in [4.69, 9.17) is 11.5 Å². The molecule has 1 aliphatic heterocycles. The maximum atomic E-state index is 11.5. The molecule has 2 rings (SSSR count). The van der Waals surface area contributed by atoms with Crippen LogP contribution < -0.4 is 16.4 Å². The first kappa shape index (κ1) is 12.7. The Kier molecular flexibility index (Phi) is 3.75. The van der Waals surface area contributed by atoms with Crippen LogP contribution in [0.25, 0.3) is 0 Å². The molecular formula is C14H21N3O. The van der Waals surface area contributed by atoms with E-state index >= 15 is 0 Å². The lowest BCUT2D eigenvalue weighted by Gasteiger charge is -2.34. The minimum Gasteiger partial charge on any atom is -0.399 e. The van der Waals surface area contributed by atoms with Crippen molar-refractivity contribution < 1.29 is 4.79 Å². The van der Waals surface area contributed by atoms with Gasteiger partial charge < -0.3 is 16.4 Å². The summed E-state index contributed by atoms with van der Waals surface area (Å²) in [6.45, 7) is 4.18. The fourth-order valence-electron chi connectivity index (χ4n) is 2.60. The lowest BCUT2D eigenvalue weighted by molar-refractivity contribution is 0.100. The Morgan fingerprint density at radius 1 is 1.39 bits per heavy atom. The maximum absolute atomic E-state index is 11.5. The zero-order valence-corrected chi connectivity index (χ0v) is 10.9. The molecule has 4 N–H and O–H groups in total. The zero-order valence-electron chi connectivity index (χ0n) is 10.9. The van der Waals surface area contributed by atoms with Crippen molar-refractivity contribution in [2.24, 2.45) is 11.7 Å². The predicted octanol–water partition coefficient (Wildman–Crippen LogP) is 1.99. The van der Waals surface area contributed by atoms with Crippen molar-refractivity contribution in [2.45, 2.75) is 26.2 Å². The van der Waals surface area contributed by atoms with Gasteiger partial charge in [-0.05, 0) is 37.0 Å². The van der Waals surface area contributed by atoms with E-state index in [2.05, 4.69) is 11.8 Å². The molecule has 98 valence electrons. The van der Waals surface area contributed by atoms with E-state index in [1.165, 1.54) is 19.3 Å². The van der Waals surface area contributed by atoms with E-state index in [9.17, 15) is 4.79 Å². The van der Waals surface area contributed by atoms with Crippen LogP contribution in [0.15, 0.2) is 18.2 Å². The smallest absolute Gasteiger partial charge is 0.250 e. The van der Waals surface area contributed by atoms with Gasteiger partial charge in [0.1, 0.15) is 0 Å². The number of anilines is 2. The van der Waals surface area contributed by atoms with Gasteiger partial charge in [0.2, 0.25) is 0 Å². The molecule has 1 aromatic carbocycles. The Balaban J connectivity index is 2.22. The molecule has 1 heterocycles. The van der Waals surface area contributed by atoms with Crippen LogP contribution in [0.2, 0.25) is 0 Å². The van der Waals surface area contributed by atoms with E-state index in [1.54, 1.807) is 12.1 Å². The number of rotatable bonds is 3. The SMILES string of the molecule is CCC1CCN(c2cc(N)ccc2C(N)=O)CC1. The van der Waals surface area contributed by atoms with Crippen LogP contribution in [0.3, 0.4) is 0 Å². The van der Waals surface area contributed by atoms with Crippen molar-refractivity contribution in [3.05, 3.63) is 23.8 Å². The molecule has 1 aromatic rings. The third-order valence-corrected chi connectivity index (χ3v) is 3.82. The van der Waals surface area contributed by atoms with Crippen LogP contribution in [0.1, 0.15) is 36.5 Å². The van der Waals surface area contributed by atoms with Gasteiger partial charge in [0.05, 0.1) is 11.3 Å². The zero-order chi connectivity index (χ0) is 13.1. The molecule has 1 saturated heterocycles. The van der Waals surface area contributed by atoms with Crippen molar-refractivity contribution in [1.29, 1.82) is 0 Å². The van der Waals surface area contributed by atoms with Gasteiger partial charge in [0.25, 0.3) is 5.91 Å². The number of nitrogens with two attached hydrogens (primary N) is 2. The van der Waals surface area contributed by atoms with E-state index in [0.29, 0.717) is 11.3 Å². The Bertz CT molecular complexity index is 437. The Morgan fingerprint density at radius 2 is 2.06 bits per heavy atom. The highest BCUT2D eigenvalue weighted by atomic mass is 16.1. The Morgan fingerprint density at radius 3 is 2.61 bits per heavy atom. The maximum Gasteiger partial charge on any atom is 0.250 e. The number of carbonyl (C=O) groups is 1. The fraction of sp³-hybridized carbons (Fsp3) is 0.500. The van der Waals surface area contributed by atoms with Gasteiger partial charge in [-0.3, -0.25) is 4.79 Å². The number of nitrogen functional groups attached to an aromatic ring is 1. The van der Waals surface area contributed by atoms with Gasteiger partial charge >= 0.3 is 0 Å². The second-order valence-electron chi connectivity index (χ2n) is 4.98. The summed E-state index contributed by atoms with van der Waals surface area (Å²) >= 11 is 0. The lowest BCUT2D eigenvalue weighted by Crippen LogP contribution is -2.35. The molecule has 18 heavy (non-hydrogen) atoms. The molecule has 0 atom stereocenters. The van der Waals surface area contributed by atoms with E-state index < -0.39 is 0 Å². The second-order valence-corrected chi connectivity index (χ2v) is 4.98. The normalized spacial score (nSPS) is 16.8. The average Bonchev–Trinajstić information content (AvgIpc) is 2.38. The molecule has 1 fully saturated rings. The molecule has 4 nitrogen and oxygen atoms in total. The first-order valence-electron chi connectivity index (χ1n) is 6.56. The summed E-state index contributed by atoms with van der Waals surface area (Å²) in [5, 5.41) is 0. The number of nitrogens with zero attached hydrogens (tertiary/aromatic N) is 1. The highest BCUT2D eigenvalue weighted by Gasteiger charge is 2.21. The number of amides is 1. The van der Waals surface area contributed by atoms with E-state index in [0.717, 1.165) is 24.7 Å². The van der Waals surface area contributed by atoms with Crippen molar-refractivity contribution >= 4 is 17.3 Å².